The van der Waals surface area contributed by atoms with Gasteiger partial charge in [0, 0.05) is 19.2 Å². The van der Waals surface area contributed by atoms with Crippen LogP contribution in [0.4, 0.5) is 4.39 Å². The third-order valence-electron chi connectivity index (χ3n) is 4.01. The molecular formula is C16H19FN4O2. The largest absolute Gasteiger partial charge is 0.384 e. The molecule has 1 N–H and O–H groups in total. The summed E-state index contributed by atoms with van der Waals surface area (Å²) in [6, 6.07) is 5.95. The zero-order valence-corrected chi connectivity index (χ0v) is 13.0. The molecule has 1 aliphatic heterocycles. The molecule has 0 radical (unpaired) electrons. The normalized spacial score (nSPS) is 17.7. The molecule has 1 atom stereocenters. The van der Waals surface area contributed by atoms with Crippen LogP contribution in [0.1, 0.15) is 31.1 Å². The van der Waals surface area contributed by atoms with Crippen molar-refractivity contribution in [1.29, 1.82) is 0 Å². The van der Waals surface area contributed by atoms with Gasteiger partial charge in [-0.1, -0.05) is 0 Å². The van der Waals surface area contributed by atoms with Crippen molar-refractivity contribution in [3.05, 3.63) is 35.9 Å². The minimum Gasteiger partial charge on any atom is -0.384 e. The topological polar surface area (TPSA) is 71.1 Å². The van der Waals surface area contributed by atoms with Gasteiger partial charge in [-0.2, -0.15) is 5.10 Å². The molecule has 1 aromatic heterocycles. The second kappa shape index (κ2) is 6.87. The van der Waals surface area contributed by atoms with Crippen LogP contribution >= 0.6 is 0 Å². The van der Waals surface area contributed by atoms with E-state index in [2.05, 4.69) is 15.2 Å². The zero-order valence-electron chi connectivity index (χ0n) is 13.0. The average molecular weight is 318 g/mol. The van der Waals surface area contributed by atoms with Gasteiger partial charge in [0.1, 0.15) is 11.6 Å². The summed E-state index contributed by atoms with van der Waals surface area (Å²) in [5.41, 5.74) is 0.740. The number of nitrogens with zero attached hydrogens (tertiary/aromatic N) is 3. The number of amides is 1. The fourth-order valence-corrected chi connectivity index (χ4v) is 2.83. The van der Waals surface area contributed by atoms with Crippen molar-refractivity contribution in [3.8, 4) is 11.4 Å². The molecule has 1 aliphatic rings. The Balaban J connectivity index is 1.76. The van der Waals surface area contributed by atoms with Crippen molar-refractivity contribution in [2.45, 2.75) is 25.3 Å². The Kier molecular flexibility index (Phi) is 4.66. The van der Waals surface area contributed by atoms with Gasteiger partial charge >= 0.3 is 0 Å². The Hall–Kier alpha value is -2.28. The summed E-state index contributed by atoms with van der Waals surface area (Å²) in [7, 11) is 1.58. The van der Waals surface area contributed by atoms with Crippen LogP contribution in [0.15, 0.2) is 24.3 Å². The first-order chi connectivity index (χ1) is 11.2. The summed E-state index contributed by atoms with van der Waals surface area (Å²) in [5.74, 6) is 0.952. The lowest BCUT2D eigenvalue weighted by atomic mass is 10.2. The van der Waals surface area contributed by atoms with Gasteiger partial charge in [-0.05, 0) is 37.1 Å². The third-order valence-corrected chi connectivity index (χ3v) is 4.01. The first-order valence-corrected chi connectivity index (χ1v) is 7.65. The third kappa shape index (κ3) is 3.39. The molecule has 1 saturated heterocycles. The molecular weight excluding hydrogens is 299 g/mol. The standard InChI is InChI=1S/C16H19FN4O2/c1-23-10-8-14(22)21-9-2-3-13(21)16-18-15(19-20-16)11-4-6-12(17)7-5-11/h4-7,13H,2-3,8-10H2,1H3,(H,18,19,20)/t13-/m0/s1. The molecule has 2 aromatic rings. The summed E-state index contributed by atoms with van der Waals surface area (Å²) < 4.78 is 18.0. The number of nitrogens with one attached hydrogen (secondary N) is 1. The first-order valence-electron chi connectivity index (χ1n) is 7.65. The highest BCUT2D eigenvalue weighted by Crippen LogP contribution is 2.31. The van der Waals surface area contributed by atoms with Gasteiger partial charge in [-0.25, -0.2) is 9.37 Å². The van der Waals surface area contributed by atoms with Crippen molar-refractivity contribution in [2.75, 3.05) is 20.3 Å². The number of carbonyl (C=O) groups is 1. The van der Waals surface area contributed by atoms with Crippen molar-refractivity contribution in [2.24, 2.45) is 0 Å². The Morgan fingerprint density at radius 1 is 1.43 bits per heavy atom. The summed E-state index contributed by atoms with van der Waals surface area (Å²) >= 11 is 0. The van der Waals surface area contributed by atoms with Crippen LogP contribution in [0, 0.1) is 5.82 Å². The number of hydrogen-bond donors (Lipinski definition) is 1. The summed E-state index contributed by atoms with van der Waals surface area (Å²) in [5, 5.41) is 7.12. The lowest BCUT2D eigenvalue weighted by molar-refractivity contribution is -0.133. The van der Waals surface area contributed by atoms with E-state index in [-0.39, 0.29) is 17.8 Å². The molecule has 0 unspecified atom stereocenters. The number of methoxy groups -OCH3 is 1. The Morgan fingerprint density at radius 2 is 2.22 bits per heavy atom. The second-order valence-electron chi connectivity index (χ2n) is 5.54. The fourth-order valence-electron chi connectivity index (χ4n) is 2.83. The SMILES string of the molecule is COCCC(=O)N1CCC[C@H]1c1nc(-c2ccc(F)cc2)n[nH]1. The van der Waals surface area contributed by atoms with Crippen LogP contribution in [0.5, 0.6) is 0 Å². The number of aromatic amines is 1. The number of likely N-dealkylation sites (tertiary alicyclic amines) is 1. The summed E-state index contributed by atoms with van der Waals surface area (Å²) in [4.78, 5) is 18.6. The molecule has 0 bridgehead atoms. The van der Waals surface area contributed by atoms with Crippen molar-refractivity contribution >= 4 is 5.91 Å². The Morgan fingerprint density at radius 3 is 2.96 bits per heavy atom. The minimum atomic E-state index is -0.296. The number of benzene rings is 1. The van der Waals surface area contributed by atoms with Crippen molar-refractivity contribution in [3.63, 3.8) is 0 Å². The molecule has 2 heterocycles. The van der Waals surface area contributed by atoms with E-state index in [1.807, 2.05) is 4.90 Å². The van der Waals surface area contributed by atoms with Gasteiger partial charge in [0.15, 0.2) is 5.82 Å². The number of carbonyl (C=O) groups excluding carboxylic acids is 1. The van der Waals surface area contributed by atoms with Crippen LogP contribution in [0.25, 0.3) is 11.4 Å². The average Bonchev–Trinajstić information content (AvgIpc) is 3.21. The fraction of sp³-hybridized carbons (Fsp3) is 0.438. The minimum absolute atomic E-state index is 0.0640. The predicted molar refractivity (Wildman–Crippen MR) is 82.0 cm³/mol. The van der Waals surface area contributed by atoms with Crippen LogP contribution in [0.3, 0.4) is 0 Å². The van der Waals surface area contributed by atoms with E-state index in [4.69, 9.17) is 4.74 Å². The first kappa shape index (κ1) is 15.6. The molecule has 122 valence electrons. The number of rotatable bonds is 5. The quantitative estimate of drug-likeness (QED) is 0.918. The molecule has 0 aliphatic carbocycles. The highest BCUT2D eigenvalue weighted by atomic mass is 19.1. The molecule has 7 heteroatoms. The Bertz CT molecular complexity index is 671. The monoisotopic (exact) mass is 318 g/mol. The number of aromatic nitrogens is 3. The van der Waals surface area contributed by atoms with E-state index in [1.165, 1.54) is 12.1 Å². The van der Waals surface area contributed by atoms with E-state index in [0.717, 1.165) is 24.9 Å². The zero-order chi connectivity index (χ0) is 16.2. The second-order valence-corrected chi connectivity index (χ2v) is 5.54. The van der Waals surface area contributed by atoms with E-state index < -0.39 is 0 Å². The van der Waals surface area contributed by atoms with E-state index in [9.17, 15) is 9.18 Å². The van der Waals surface area contributed by atoms with Gasteiger partial charge in [0.25, 0.3) is 0 Å². The lowest BCUT2D eigenvalue weighted by Crippen LogP contribution is -2.31. The number of H-pyrrole nitrogens is 1. The maximum atomic E-state index is 13.0. The maximum Gasteiger partial charge on any atom is 0.225 e. The van der Waals surface area contributed by atoms with Gasteiger partial charge in [0.2, 0.25) is 5.91 Å². The molecule has 23 heavy (non-hydrogen) atoms. The molecule has 1 aromatic carbocycles. The van der Waals surface area contributed by atoms with Crippen molar-refractivity contribution < 1.29 is 13.9 Å². The smallest absolute Gasteiger partial charge is 0.225 e. The number of ether oxygens (including phenoxy) is 1. The van der Waals surface area contributed by atoms with E-state index >= 15 is 0 Å². The Labute approximate surface area is 133 Å². The predicted octanol–water partition coefficient (Wildman–Crippen LogP) is 2.31. The molecule has 0 spiro atoms. The van der Waals surface area contributed by atoms with Gasteiger partial charge in [-0.3, -0.25) is 9.89 Å². The van der Waals surface area contributed by atoms with E-state index in [1.54, 1.807) is 19.2 Å². The maximum absolute atomic E-state index is 13.0. The van der Waals surface area contributed by atoms with Gasteiger partial charge in [0.05, 0.1) is 19.1 Å². The van der Waals surface area contributed by atoms with Crippen LogP contribution in [-0.4, -0.2) is 46.2 Å². The highest BCUT2D eigenvalue weighted by molar-refractivity contribution is 5.77. The molecule has 1 fully saturated rings. The lowest BCUT2D eigenvalue weighted by Gasteiger charge is -2.22. The van der Waals surface area contributed by atoms with Gasteiger partial charge < -0.3 is 9.64 Å². The van der Waals surface area contributed by atoms with Crippen LogP contribution in [-0.2, 0) is 9.53 Å². The van der Waals surface area contributed by atoms with Gasteiger partial charge in [-0.15, -0.1) is 0 Å². The highest BCUT2D eigenvalue weighted by Gasteiger charge is 2.32. The number of halogens is 1. The molecule has 3 rings (SSSR count). The van der Waals surface area contributed by atoms with Crippen LogP contribution < -0.4 is 0 Å². The molecule has 0 saturated carbocycles. The summed E-state index contributed by atoms with van der Waals surface area (Å²) in [6.45, 7) is 1.14. The van der Waals surface area contributed by atoms with Crippen molar-refractivity contribution in [1.82, 2.24) is 20.1 Å². The van der Waals surface area contributed by atoms with E-state index in [0.29, 0.717) is 24.7 Å². The summed E-state index contributed by atoms with van der Waals surface area (Å²) in [6.07, 6.45) is 2.17. The van der Waals surface area contributed by atoms with Crippen LogP contribution in [0.2, 0.25) is 0 Å². The number of hydrogen-bond acceptors (Lipinski definition) is 4. The molecule has 6 nitrogen and oxygen atoms in total. The molecule has 1 amide bonds.